The van der Waals surface area contributed by atoms with E-state index in [0.29, 0.717) is 37.0 Å². The van der Waals surface area contributed by atoms with Crippen LogP contribution in [0.3, 0.4) is 0 Å². The Morgan fingerprint density at radius 1 is 1.21 bits per heavy atom. The van der Waals surface area contributed by atoms with Crippen LogP contribution in [0.25, 0.3) is 0 Å². The van der Waals surface area contributed by atoms with Gasteiger partial charge >= 0.3 is 6.18 Å². The molecule has 0 saturated heterocycles. The minimum absolute atomic E-state index is 0. The van der Waals surface area contributed by atoms with Crippen molar-refractivity contribution < 1.29 is 13.2 Å². The number of fused-ring (bicyclic) bond motifs is 1. The van der Waals surface area contributed by atoms with Crippen LogP contribution >= 0.6 is 35.3 Å². The highest BCUT2D eigenvalue weighted by Gasteiger charge is 2.33. The van der Waals surface area contributed by atoms with Gasteiger partial charge in [0.15, 0.2) is 11.7 Å². The van der Waals surface area contributed by atoms with Crippen LogP contribution in [-0.2, 0) is 32.0 Å². The second-order valence-electron chi connectivity index (χ2n) is 6.45. The molecule has 0 fully saturated rings. The van der Waals surface area contributed by atoms with Gasteiger partial charge in [-0.25, -0.2) is 9.98 Å². The Hall–Kier alpha value is -1.36. The average Bonchev–Trinajstić information content (AvgIpc) is 3.28. The van der Waals surface area contributed by atoms with E-state index in [1.807, 2.05) is 6.92 Å². The number of halogens is 4. The summed E-state index contributed by atoms with van der Waals surface area (Å²) >= 11 is 1.03. The van der Waals surface area contributed by atoms with E-state index in [1.54, 1.807) is 0 Å². The molecular weight excluding hydrogens is 500 g/mol. The van der Waals surface area contributed by atoms with E-state index in [0.717, 1.165) is 29.6 Å². The standard InChI is InChI=1S/C19H23F3N4S.HI/c1-2-23-18(24-9-8-17-26-16(12-27-17)19(20,21)22)25-11-13-6-7-14-4-3-5-15(14)10-13;/h6-7,10,12H,2-5,8-9,11H2,1H3,(H2,23,24,25);1H. The molecular formula is C19H24F3IN4S. The number of hydrogen-bond donors (Lipinski definition) is 2. The number of benzene rings is 1. The van der Waals surface area contributed by atoms with Crippen molar-refractivity contribution in [3.05, 3.63) is 51.0 Å². The summed E-state index contributed by atoms with van der Waals surface area (Å²) in [5.74, 6) is 0.658. The van der Waals surface area contributed by atoms with Crippen LogP contribution in [0.1, 0.15) is 40.7 Å². The van der Waals surface area contributed by atoms with Gasteiger partial charge in [-0.3, -0.25) is 0 Å². The quantitative estimate of drug-likeness (QED) is 0.331. The van der Waals surface area contributed by atoms with Crippen molar-refractivity contribution in [1.29, 1.82) is 0 Å². The van der Waals surface area contributed by atoms with Gasteiger partial charge < -0.3 is 10.6 Å². The maximum atomic E-state index is 12.6. The van der Waals surface area contributed by atoms with Crippen LogP contribution in [0.2, 0.25) is 0 Å². The van der Waals surface area contributed by atoms with Gasteiger partial charge in [0.2, 0.25) is 0 Å². The van der Waals surface area contributed by atoms with Crippen LogP contribution in [0.4, 0.5) is 13.2 Å². The van der Waals surface area contributed by atoms with Crippen molar-refractivity contribution in [2.24, 2.45) is 4.99 Å². The smallest absolute Gasteiger partial charge is 0.357 e. The third-order valence-corrected chi connectivity index (χ3v) is 5.31. The molecule has 3 rings (SSSR count). The van der Waals surface area contributed by atoms with E-state index in [2.05, 4.69) is 38.8 Å². The Morgan fingerprint density at radius 2 is 2.00 bits per heavy atom. The molecule has 1 aliphatic carbocycles. The fraction of sp³-hybridized carbons (Fsp3) is 0.474. The number of nitrogens with one attached hydrogen (secondary N) is 2. The Kier molecular flexibility index (Phi) is 8.54. The second-order valence-corrected chi connectivity index (χ2v) is 7.40. The Labute approximate surface area is 184 Å². The number of aromatic nitrogens is 1. The first-order valence-electron chi connectivity index (χ1n) is 9.10. The number of aryl methyl sites for hydroxylation is 2. The largest absolute Gasteiger partial charge is 0.434 e. The first-order valence-corrected chi connectivity index (χ1v) is 9.98. The Balaban J connectivity index is 0.00000280. The monoisotopic (exact) mass is 524 g/mol. The van der Waals surface area contributed by atoms with Gasteiger partial charge in [-0.2, -0.15) is 13.2 Å². The number of guanidine groups is 1. The molecule has 1 heterocycles. The van der Waals surface area contributed by atoms with Crippen molar-refractivity contribution in [2.45, 2.75) is 45.3 Å². The third-order valence-electron chi connectivity index (χ3n) is 4.40. The molecule has 0 spiro atoms. The van der Waals surface area contributed by atoms with Crippen molar-refractivity contribution in [3.63, 3.8) is 0 Å². The van der Waals surface area contributed by atoms with Crippen LogP contribution in [0.5, 0.6) is 0 Å². The van der Waals surface area contributed by atoms with Gasteiger partial charge in [0.25, 0.3) is 0 Å². The highest BCUT2D eigenvalue weighted by molar-refractivity contribution is 14.0. The fourth-order valence-corrected chi connectivity index (χ4v) is 3.88. The highest BCUT2D eigenvalue weighted by Crippen LogP contribution is 2.30. The molecule has 0 bridgehead atoms. The Bertz CT molecular complexity index is 805. The van der Waals surface area contributed by atoms with Gasteiger partial charge in [-0.1, -0.05) is 18.2 Å². The number of nitrogens with zero attached hydrogens (tertiary/aromatic N) is 2. The molecule has 1 aromatic carbocycles. The zero-order valence-electron chi connectivity index (χ0n) is 15.6. The minimum atomic E-state index is -4.38. The molecule has 1 aliphatic rings. The molecule has 1 aromatic heterocycles. The molecule has 2 aromatic rings. The summed E-state index contributed by atoms with van der Waals surface area (Å²) in [6.45, 7) is 3.73. The molecule has 154 valence electrons. The van der Waals surface area contributed by atoms with Crippen molar-refractivity contribution in [2.75, 3.05) is 13.1 Å². The summed E-state index contributed by atoms with van der Waals surface area (Å²) in [5, 5.41) is 7.85. The van der Waals surface area contributed by atoms with Gasteiger partial charge in [-0.15, -0.1) is 35.3 Å². The number of aliphatic imine (C=N–C) groups is 1. The molecule has 9 heteroatoms. The SMILES string of the molecule is CCNC(=NCc1ccc2c(c1)CCC2)NCCc1nc(C(F)(F)F)cs1.I. The Morgan fingerprint density at radius 3 is 2.71 bits per heavy atom. The predicted molar refractivity (Wildman–Crippen MR) is 118 cm³/mol. The molecule has 0 atom stereocenters. The lowest BCUT2D eigenvalue weighted by molar-refractivity contribution is -0.140. The highest BCUT2D eigenvalue weighted by atomic mass is 127. The number of thiazole rings is 1. The van der Waals surface area contributed by atoms with Crippen molar-refractivity contribution >= 4 is 41.3 Å². The van der Waals surface area contributed by atoms with Gasteiger partial charge in [0, 0.05) is 24.9 Å². The molecule has 0 aliphatic heterocycles. The van der Waals surface area contributed by atoms with Crippen LogP contribution in [0, 0.1) is 0 Å². The molecule has 4 nitrogen and oxygen atoms in total. The minimum Gasteiger partial charge on any atom is -0.357 e. The molecule has 0 saturated carbocycles. The molecule has 2 N–H and O–H groups in total. The number of rotatable bonds is 6. The number of alkyl halides is 3. The van der Waals surface area contributed by atoms with Crippen molar-refractivity contribution in [1.82, 2.24) is 15.6 Å². The molecule has 0 unspecified atom stereocenters. The van der Waals surface area contributed by atoms with Gasteiger partial charge in [-0.05, 0) is 42.9 Å². The average molecular weight is 524 g/mol. The predicted octanol–water partition coefficient (Wildman–Crippen LogP) is 4.57. The zero-order valence-corrected chi connectivity index (χ0v) is 18.8. The lowest BCUT2D eigenvalue weighted by Crippen LogP contribution is -2.38. The summed E-state index contributed by atoms with van der Waals surface area (Å²) in [6, 6.07) is 6.53. The van der Waals surface area contributed by atoms with Gasteiger partial charge in [0.1, 0.15) is 0 Å². The summed E-state index contributed by atoms with van der Waals surface area (Å²) in [6.07, 6.45) is -0.438. The lowest BCUT2D eigenvalue weighted by atomic mass is 10.1. The van der Waals surface area contributed by atoms with Crippen LogP contribution < -0.4 is 10.6 Å². The van der Waals surface area contributed by atoms with Crippen LogP contribution in [-0.4, -0.2) is 24.0 Å². The summed E-state index contributed by atoms with van der Waals surface area (Å²) in [7, 11) is 0. The lowest BCUT2D eigenvalue weighted by Gasteiger charge is -2.11. The van der Waals surface area contributed by atoms with E-state index in [4.69, 9.17) is 0 Å². The van der Waals surface area contributed by atoms with Crippen molar-refractivity contribution in [3.8, 4) is 0 Å². The summed E-state index contributed by atoms with van der Waals surface area (Å²) in [4.78, 5) is 8.23. The van der Waals surface area contributed by atoms with Gasteiger partial charge in [0.05, 0.1) is 11.6 Å². The topological polar surface area (TPSA) is 49.3 Å². The van der Waals surface area contributed by atoms with E-state index in [-0.39, 0.29) is 24.0 Å². The van der Waals surface area contributed by atoms with E-state index >= 15 is 0 Å². The fourth-order valence-electron chi connectivity index (χ4n) is 3.08. The molecule has 28 heavy (non-hydrogen) atoms. The maximum Gasteiger partial charge on any atom is 0.434 e. The molecule has 0 radical (unpaired) electrons. The van der Waals surface area contributed by atoms with E-state index in [9.17, 15) is 13.2 Å². The van der Waals surface area contributed by atoms with E-state index in [1.165, 1.54) is 23.1 Å². The normalized spacial score (nSPS) is 13.8. The first-order chi connectivity index (χ1) is 13.0. The van der Waals surface area contributed by atoms with Crippen LogP contribution in [0.15, 0.2) is 28.6 Å². The second kappa shape index (κ2) is 10.4. The number of hydrogen-bond acceptors (Lipinski definition) is 3. The van der Waals surface area contributed by atoms with E-state index < -0.39 is 11.9 Å². The maximum absolute atomic E-state index is 12.6. The third kappa shape index (κ3) is 6.33. The first kappa shape index (κ1) is 22.9. The summed E-state index contributed by atoms with van der Waals surface area (Å²) in [5.41, 5.74) is 3.21. The molecule has 0 amide bonds. The zero-order chi connectivity index (χ0) is 19.3. The summed E-state index contributed by atoms with van der Waals surface area (Å²) < 4.78 is 37.8.